The molecular formula is C22H21ClN2O2S. The smallest absolute Gasteiger partial charge is 0.262 e. The van der Waals surface area contributed by atoms with Gasteiger partial charge in [-0.05, 0) is 41.6 Å². The second kappa shape index (κ2) is 9.53. The molecule has 3 aromatic rings. The average Bonchev–Trinajstić information content (AvgIpc) is 3.23. The third kappa shape index (κ3) is 5.44. The topological polar surface area (TPSA) is 58.2 Å². The molecule has 0 spiro atoms. The molecule has 2 amide bonds. The van der Waals surface area contributed by atoms with Gasteiger partial charge < -0.3 is 10.6 Å². The third-order valence-corrected chi connectivity index (χ3v) is 5.50. The molecule has 2 N–H and O–H groups in total. The Hall–Kier alpha value is -2.63. The molecule has 144 valence electrons. The van der Waals surface area contributed by atoms with E-state index in [2.05, 4.69) is 10.6 Å². The Kier molecular flexibility index (Phi) is 6.85. The van der Waals surface area contributed by atoms with Crippen LogP contribution in [0.4, 0.5) is 0 Å². The van der Waals surface area contributed by atoms with Gasteiger partial charge in [-0.3, -0.25) is 9.59 Å². The number of amides is 2. The Morgan fingerprint density at radius 2 is 1.68 bits per heavy atom. The maximum atomic E-state index is 13.0. The molecule has 0 fully saturated rings. The number of halogens is 1. The minimum Gasteiger partial charge on any atom is -0.348 e. The molecule has 6 heteroatoms. The molecule has 0 saturated heterocycles. The molecule has 28 heavy (non-hydrogen) atoms. The zero-order chi connectivity index (χ0) is 19.9. The van der Waals surface area contributed by atoms with Crippen LogP contribution in [0.3, 0.4) is 0 Å². The van der Waals surface area contributed by atoms with Gasteiger partial charge in [0.15, 0.2) is 0 Å². The molecule has 0 radical (unpaired) electrons. The molecule has 0 aliphatic rings. The van der Waals surface area contributed by atoms with Crippen LogP contribution in [0.2, 0.25) is 5.02 Å². The van der Waals surface area contributed by atoms with Crippen molar-refractivity contribution in [1.82, 2.24) is 10.6 Å². The first-order valence-electron chi connectivity index (χ1n) is 8.97. The van der Waals surface area contributed by atoms with E-state index in [-0.39, 0.29) is 17.9 Å². The van der Waals surface area contributed by atoms with Gasteiger partial charge >= 0.3 is 0 Å². The molecule has 0 bridgehead atoms. The predicted molar refractivity (Wildman–Crippen MR) is 114 cm³/mol. The number of rotatable bonds is 7. The van der Waals surface area contributed by atoms with Crippen molar-refractivity contribution in [3.05, 3.63) is 93.1 Å². The molecule has 0 saturated carbocycles. The molecular weight excluding hydrogens is 392 g/mol. The minimum atomic E-state index is -0.674. The van der Waals surface area contributed by atoms with Gasteiger partial charge in [-0.1, -0.05) is 60.1 Å². The Labute approximate surface area is 173 Å². The fraction of sp³-hybridized carbons (Fsp3) is 0.182. The lowest BCUT2D eigenvalue weighted by Gasteiger charge is -2.22. The first-order chi connectivity index (χ1) is 13.5. The van der Waals surface area contributed by atoms with Gasteiger partial charge in [0, 0.05) is 11.4 Å². The largest absolute Gasteiger partial charge is 0.348 e. The molecule has 2 aromatic carbocycles. The second-order valence-electron chi connectivity index (χ2n) is 6.47. The zero-order valence-electron chi connectivity index (χ0n) is 15.4. The number of thiophene rings is 1. The van der Waals surface area contributed by atoms with E-state index in [9.17, 15) is 9.59 Å². The summed E-state index contributed by atoms with van der Waals surface area (Å²) < 4.78 is 0. The first-order valence-corrected chi connectivity index (χ1v) is 10.2. The number of benzene rings is 2. The van der Waals surface area contributed by atoms with Crippen LogP contribution in [0.1, 0.15) is 33.8 Å². The lowest BCUT2D eigenvalue weighted by atomic mass is 10.0. The molecule has 3 rings (SSSR count). The molecule has 1 unspecified atom stereocenters. The quantitative estimate of drug-likeness (QED) is 0.594. The maximum Gasteiger partial charge on any atom is 0.262 e. The second-order valence-corrected chi connectivity index (χ2v) is 7.86. The third-order valence-electron chi connectivity index (χ3n) is 4.38. The highest BCUT2D eigenvalue weighted by atomic mass is 35.5. The normalized spacial score (nSPS) is 12.8. The lowest BCUT2D eigenvalue weighted by Crippen LogP contribution is -2.48. The van der Waals surface area contributed by atoms with E-state index < -0.39 is 6.04 Å². The van der Waals surface area contributed by atoms with Crippen LogP contribution < -0.4 is 10.6 Å². The van der Waals surface area contributed by atoms with Gasteiger partial charge in [-0.25, -0.2) is 0 Å². The van der Waals surface area contributed by atoms with Gasteiger partial charge in [0.25, 0.3) is 5.91 Å². The number of hydrogen-bond acceptors (Lipinski definition) is 3. The highest BCUT2D eigenvalue weighted by Crippen LogP contribution is 2.17. The van der Waals surface area contributed by atoms with Crippen molar-refractivity contribution in [2.45, 2.75) is 25.4 Å². The maximum absolute atomic E-state index is 13.0. The van der Waals surface area contributed by atoms with Crippen LogP contribution in [-0.2, 0) is 11.2 Å². The van der Waals surface area contributed by atoms with Crippen LogP contribution in [0.5, 0.6) is 0 Å². The van der Waals surface area contributed by atoms with Gasteiger partial charge in [0.2, 0.25) is 5.91 Å². The van der Waals surface area contributed by atoms with Crippen LogP contribution >= 0.6 is 22.9 Å². The summed E-state index contributed by atoms with van der Waals surface area (Å²) in [5, 5.41) is 8.35. The van der Waals surface area contributed by atoms with Gasteiger partial charge in [0.1, 0.15) is 6.04 Å². The molecule has 1 heterocycles. The van der Waals surface area contributed by atoms with Crippen molar-refractivity contribution in [2.24, 2.45) is 0 Å². The molecule has 1 aromatic heterocycles. The summed E-state index contributed by atoms with van der Waals surface area (Å²) in [7, 11) is 0. The van der Waals surface area contributed by atoms with Crippen molar-refractivity contribution in [3.63, 3.8) is 0 Å². The van der Waals surface area contributed by atoms with Crippen LogP contribution in [0.15, 0.2) is 72.1 Å². The zero-order valence-corrected chi connectivity index (χ0v) is 17.0. The standard InChI is InChI=1S/C22H21ClN2O2S/c1-15(17-9-11-18(23)12-10-17)24-21(26)19(14-16-6-3-2-4-7-16)25-22(27)20-8-5-13-28-20/h2-13,15,19H,14H2,1H3,(H,24,26)(H,25,27)/t15?,19-/m0/s1. The summed E-state index contributed by atoms with van der Waals surface area (Å²) in [6.07, 6.45) is 0.414. The molecule has 0 aliphatic carbocycles. The van der Waals surface area contributed by atoms with Crippen LogP contribution in [0.25, 0.3) is 0 Å². The molecule has 4 nitrogen and oxygen atoms in total. The summed E-state index contributed by atoms with van der Waals surface area (Å²) in [5.41, 5.74) is 1.93. The van der Waals surface area contributed by atoms with Crippen molar-refractivity contribution < 1.29 is 9.59 Å². The van der Waals surface area contributed by atoms with E-state index in [0.29, 0.717) is 16.3 Å². The summed E-state index contributed by atoms with van der Waals surface area (Å²) in [6, 6.07) is 19.7. The number of carbonyl (C=O) groups is 2. The van der Waals surface area contributed by atoms with E-state index in [1.807, 2.05) is 60.8 Å². The van der Waals surface area contributed by atoms with Crippen molar-refractivity contribution in [3.8, 4) is 0 Å². The summed E-state index contributed by atoms with van der Waals surface area (Å²) in [4.78, 5) is 26.0. The van der Waals surface area contributed by atoms with Gasteiger partial charge in [-0.2, -0.15) is 0 Å². The van der Waals surface area contributed by atoms with Crippen molar-refractivity contribution >= 4 is 34.8 Å². The van der Waals surface area contributed by atoms with Crippen molar-refractivity contribution in [1.29, 1.82) is 0 Å². The number of hydrogen-bond donors (Lipinski definition) is 2. The highest BCUT2D eigenvalue weighted by Gasteiger charge is 2.24. The lowest BCUT2D eigenvalue weighted by molar-refractivity contribution is -0.123. The monoisotopic (exact) mass is 412 g/mol. The fourth-order valence-electron chi connectivity index (χ4n) is 2.84. The minimum absolute atomic E-state index is 0.207. The Morgan fingerprint density at radius 3 is 2.32 bits per heavy atom. The van der Waals surface area contributed by atoms with Crippen LogP contribution in [0, 0.1) is 0 Å². The SMILES string of the molecule is CC(NC(=O)[C@H](Cc1ccccc1)NC(=O)c1cccs1)c1ccc(Cl)cc1. The number of nitrogens with one attached hydrogen (secondary N) is 2. The highest BCUT2D eigenvalue weighted by molar-refractivity contribution is 7.12. The summed E-state index contributed by atoms with van der Waals surface area (Å²) >= 11 is 7.28. The van der Waals surface area contributed by atoms with Gasteiger partial charge in [0.05, 0.1) is 10.9 Å². The van der Waals surface area contributed by atoms with E-state index in [1.165, 1.54) is 11.3 Å². The number of carbonyl (C=O) groups excluding carboxylic acids is 2. The first kappa shape index (κ1) is 20.1. The Morgan fingerprint density at radius 1 is 0.964 bits per heavy atom. The van der Waals surface area contributed by atoms with E-state index in [1.54, 1.807) is 18.2 Å². The van der Waals surface area contributed by atoms with Crippen LogP contribution in [-0.4, -0.2) is 17.9 Å². The molecule has 2 atom stereocenters. The van der Waals surface area contributed by atoms with Gasteiger partial charge in [-0.15, -0.1) is 11.3 Å². The summed E-state index contributed by atoms with van der Waals surface area (Å²) in [5.74, 6) is -0.471. The molecule has 0 aliphatic heterocycles. The Bertz CT molecular complexity index is 911. The average molecular weight is 413 g/mol. The van der Waals surface area contributed by atoms with E-state index in [4.69, 9.17) is 11.6 Å². The van der Waals surface area contributed by atoms with E-state index >= 15 is 0 Å². The predicted octanol–water partition coefficient (Wildman–Crippen LogP) is 4.62. The van der Waals surface area contributed by atoms with Crippen molar-refractivity contribution in [2.75, 3.05) is 0 Å². The fourth-order valence-corrected chi connectivity index (χ4v) is 3.60. The van der Waals surface area contributed by atoms with E-state index in [0.717, 1.165) is 11.1 Å². The summed E-state index contributed by atoms with van der Waals surface area (Å²) in [6.45, 7) is 1.90. The Balaban J connectivity index is 1.73.